The van der Waals surface area contributed by atoms with Crippen LogP contribution in [0.5, 0.6) is 0 Å². The molecule has 0 bridgehead atoms. The van der Waals surface area contributed by atoms with Crippen LogP contribution in [0.4, 0.5) is 10.2 Å². The zero-order valence-corrected chi connectivity index (χ0v) is 14.7. The minimum Gasteiger partial charge on any atom is -0.366 e. The Morgan fingerprint density at radius 1 is 1.25 bits per heavy atom. The Morgan fingerprint density at radius 3 is 2.67 bits per heavy atom. The average molecular weight is 370 g/mol. The lowest BCUT2D eigenvalue weighted by molar-refractivity contribution is 0.600. The van der Waals surface area contributed by atoms with Gasteiger partial charge in [-0.15, -0.1) is 0 Å². The molecule has 1 aliphatic carbocycles. The number of sulfone groups is 1. The Bertz CT molecular complexity index is 870. The first kappa shape index (κ1) is 17.1. The Kier molecular flexibility index (Phi) is 4.73. The summed E-state index contributed by atoms with van der Waals surface area (Å²) in [7, 11) is -3.21. The summed E-state index contributed by atoms with van der Waals surface area (Å²) in [6, 6.07) is 5.69. The average Bonchev–Trinajstić information content (AvgIpc) is 3.30. The molecule has 8 heteroatoms. The number of anilines is 1. The number of aromatic nitrogens is 2. The molecule has 1 fully saturated rings. The summed E-state index contributed by atoms with van der Waals surface area (Å²) < 4.78 is 36.6. The first-order valence-electron chi connectivity index (χ1n) is 7.53. The van der Waals surface area contributed by atoms with Gasteiger partial charge >= 0.3 is 0 Å². The summed E-state index contributed by atoms with van der Waals surface area (Å²) in [5.74, 6) is 1.07. The van der Waals surface area contributed by atoms with Crippen LogP contribution < -0.4 is 5.32 Å². The molecule has 3 rings (SSSR count). The fraction of sp³-hybridized carbons (Fsp3) is 0.375. The van der Waals surface area contributed by atoms with Crippen LogP contribution in [-0.4, -0.2) is 24.6 Å². The Labute approximate surface area is 145 Å². The van der Waals surface area contributed by atoms with Crippen LogP contribution in [0.25, 0.3) is 0 Å². The number of hydrogen-bond donors (Lipinski definition) is 1. The summed E-state index contributed by atoms with van der Waals surface area (Å²) >= 11 is 6.02. The summed E-state index contributed by atoms with van der Waals surface area (Å²) in [5.41, 5.74) is 1.14. The van der Waals surface area contributed by atoms with E-state index < -0.39 is 15.7 Å². The summed E-state index contributed by atoms with van der Waals surface area (Å²) in [6.45, 7) is 0.250. The molecular formula is C16H17ClFN3O2S. The van der Waals surface area contributed by atoms with Crippen molar-refractivity contribution in [3.8, 4) is 0 Å². The lowest BCUT2D eigenvalue weighted by Crippen LogP contribution is -2.09. The van der Waals surface area contributed by atoms with Gasteiger partial charge in [0.05, 0.1) is 5.75 Å². The van der Waals surface area contributed by atoms with Crippen LogP contribution in [-0.2, 0) is 22.1 Å². The zero-order chi connectivity index (χ0) is 17.3. The Morgan fingerprint density at radius 2 is 2.00 bits per heavy atom. The summed E-state index contributed by atoms with van der Waals surface area (Å²) in [6.07, 6.45) is 3.27. The topological polar surface area (TPSA) is 72.0 Å². The number of nitrogens with one attached hydrogen (secondary N) is 1. The molecule has 24 heavy (non-hydrogen) atoms. The van der Waals surface area contributed by atoms with Gasteiger partial charge in [-0.3, -0.25) is 0 Å². The van der Waals surface area contributed by atoms with Gasteiger partial charge in [-0.05, 0) is 36.1 Å². The first-order valence-corrected chi connectivity index (χ1v) is 9.97. The van der Waals surface area contributed by atoms with E-state index in [2.05, 4.69) is 15.3 Å². The van der Waals surface area contributed by atoms with Gasteiger partial charge in [0.25, 0.3) is 0 Å². The van der Waals surface area contributed by atoms with Crippen LogP contribution in [0.1, 0.15) is 35.7 Å². The highest BCUT2D eigenvalue weighted by Crippen LogP contribution is 2.38. The van der Waals surface area contributed by atoms with Crippen LogP contribution >= 0.6 is 11.6 Å². The number of hydrogen-bond acceptors (Lipinski definition) is 5. The van der Waals surface area contributed by atoms with Crippen molar-refractivity contribution in [1.82, 2.24) is 9.97 Å². The lowest BCUT2D eigenvalue weighted by atomic mass is 10.1. The molecular weight excluding hydrogens is 353 g/mol. The molecule has 0 saturated heterocycles. The molecule has 1 N–H and O–H groups in total. The molecule has 1 aromatic carbocycles. The normalized spacial score (nSPS) is 14.6. The van der Waals surface area contributed by atoms with Gasteiger partial charge in [-0.25, -0.2) is 22.8 Å². The highest BCUT2D eigenvalue weighted by Gasteiger charge is 2.27. The van der Waals surface area contributed by atoms with Gasteiger partial charge < -0.3 is 5.32 Å². The molecule has 1 saturated carbocycles. The van der Waals surface area contributed by atoms with Gasteiger partial charge in [0.15, 0.2) is 9.84 Å². The molecule has 1 aliphatic rings. The molecule has 1 aromatic heterocycles. The molecule has 0 atom stereocenters. The van der Waals surface area contributed by atoms with Gasteiger partial charge in [-0.1, -0.05) is 17.7 Å². The maximum Gasteiger partial charge on any atom is 0.151 e. The van der Waals surface area contributed by atoms with E-state index in [-0.39, 0.29) is 12.3 Å². The van der Waals surface area contributed by atoms with Crippen molar-refractivity contribution in [2.75, 3.05) is 11.6 Å². The van der Waals surface area contributed by atoms with Crippen LogP contribution in [0.3, 0.4) is 0 Å². The van der Waals surface area contributed by atoms with Crippen molar-refractivity contribution in [3.63, 3.8) is 0 Å². The van der Waals surface area contributed by atoms with Crippen molar-refractivity contribution >= 4 is 27.3 Å². The molecule has 2 aromatic rings. The molecule has 1 heterocycles. The van der Waals surface area contributed by atoms with Crippen molar-refractivity contribution in [1.29, 1.82) is 0 Å². The van der Waals surface area contributed by atoms with E-state index in [1.54, 1.807) is 6.07 Å². The molecule has 0 aliphatic heterocycles. The van der Waals surface area contributed by atoms with E-state index in [0.29, 0.717) is 33.8 Å². The summed E-state index contributed by atoms with van der Waals surface area (Å²) in [5, 5.41) is 3.43. The second-order valence-corrected chi connectivity index (χ2v) is 8.57. The van der Waals surface area contributed by atoms with Crippen molar-refractivity contribution in [2.24, 2.45) is 0 Å². The van der Waals surface area contributed by atoms with Crippen molar-refractivity contribution in [2.45, 2.75) is 31.1 Å². The minimum atomic E-state index is -3.21. The highest BCUT2D eigenvalue weighted by atomic mass is 35.5. The number of halogens is 2. The molecule has 0 unspecified atom stereocenters. The Balaban J connectivity index is 1.80. The first-order chi connectivity index (χ1) is 11.3. The van der Waals surface area contributed by atoms with Crippen molar-refractivity contribution < 1.29 is 12.8 Å². The molecule has 0 radical (unpaired) electrons. The second kappa shape index (κ2) is 6.64. The fourth-order valence-corrected chi connectivity index (χ4v) is 3.45. The zero-order valence-electron chi connectivity index (χ0n) is 13.1. The maximum atomic E-state index is 13.5. The van der Waals surface area contributed by atoms with E-state index in [1.165, 1.54) is 18.2 Å². The smallest absolute Gasteiger partial charge is 0.151 e. The van der Waals surface area contributed by atoms with E-state index in [1.807, 2.05) is 0 Å². The SMILES string of the molecule is CS(=O)(=O)Cc1ccc(F)cc1CNc1cc(Cl)nc(C2CC2)n1. The van der Waals surface area contributed by atoms with Gasteiger partial charge in [0, 0.05) is 24.8 Å². The second-order valence-electron chi connectivity index (χ2n) is 6.05. The van der Waals surface area contributed by atoms with Crippen LogP contribution in [0.2, 0.25) is 5.15 Å². The quantitative estimate of drug-likeness (QED) is 0.791. The van der Waals surface area contributed by atoms with E-state index in [4.69, 9.17) is 11.6 Å². The third kappa shape index (κ3) is 4.64. The van der Waals surface area contributed by atoms with Crippen LogP contribution in [0.15, 0.2) is 24.3 Å². The lowest BCUT2D eigenvalue weighted by Gasteiger charge is -2.12. The largest absolute Gasteiger partial charge is 0.366 e. The maximum absolute atomic E-state index is 13.5. The van der Waals surface area contributed by atoms with Crippen molar-refractivity contribution in [3.05, 3.63) is 52.2 Å². The standard InChI is InChI=1S/C16H17ClFN3O2S/c1-24(22,23)9-11-4-5-13(18)6-12(11)8-19-15-7-14(17)20-16(21-15)10-2-3-10/h4-7,10H,2-3,8-9H2,1H3,(H,19,20,21). The Hall–Kier alpha value is -1.73. The predicted molar refractivity (Wildman–Crippen MR) is 91.3 cm³/mol. The van der Waals surface area contributed by atoms with Gasteiger partial charge in [0.1, 0.15) is 22.6 Å². The van der Waals surface area contributed by atoms with E-state index >= 15 is 0 Å². The minimum absolute atomic E-state index is 0.137. The highest BCUT2D eigenvalue weighted by molar-refractivity contribution is 7.89. The number of rotatable bonds is 6. The molecule has 0 amide bonds. The van der Waals surface area contributed by atoms with E-state index in [0.717, 1.165) is 19.1 Å². The number of nitrogens with zero attached hydrogens (tertiary/aromatic N) is 2. The van der Waals surface area contributed by atoms with Crippen LogP contribution in [0, 0.1) is 5.82 Å². The van der Waals surface area contributed by atoms with E-state index in [9.17, 15) is 12.8 Å². The number of benzene rings is 1. The summed E-state index contributed by atoms with van der Waals surface area (Å²) in [4.78, 5) is 8.62. The monoisotopic (exact) mass is 369 g/mol. The molecule has 5 nitrogen and oxygen atoms in total. The third-order valence-corrected chi connectivity index (χ3v) is 4.73. The molecule has 128 valence electrons. The van der Waals surface area contributed by atoms with Gasteiger partial charge in [0.2, 0.25) is 0 Å². The fourth-order valence-electron chi connectivity index (χ4n) is 2.42. The molecule has 0 spiro atoms. The van der Waals surface area contributed by atoms with Gasteiger partial charge in [-0.2, -0.15) is 0 Å². The third-order valence-electron chi connectivity index (χ3n) is 3.70. The predicted octanol–water partition coefficient (Wildman–Crippen LogP) is 3.30.